The van der Waals surface area contributed by atoms with E-state index >= 15 is 0 Å². The number of imidazole rings is 2. The summed E-state index contributed by atoms with van der Waals surface area (Å²) in [6, 6.07) is 9.50. The number of pyridine rings is 1. The molecule has 2 atom stereocenters. The molecule has 7 nitrogen and oxygen atoms in total. The number of aromatic nitrogens is 5. The van der Waals surface area contributed by atoms with E-state index < -0.39 is 0 Å². The fourth-order valence-electron chi connectivity index (χ4n) is 5.70. The first-order valence-electron chi connectivity index (χ1n) is 11.9. The number of aliphatic hydroxyl groups is 1. The normalized spacial score (nSPS) is 22.4. The first kappa shape index (κ1) is 19.7. The van der Waals surface area contributed by atoms with Gasteiger partial charge in [0.15, 0.2) is 0 Å². The second kappa shape index (κ2) is 7.89. The Balaban J connectivity index is 1.41. The van der Waals surface area contributed by atoms with Crippen molar-refractivity contribution in [3.8, 4) is 11.3 Å². The van der Waals surface area contributed by atoms with Crippen LogP contribution in [0.2, 0.25) is 0 Å². The third-order valence-electron chi connectivity index (χ3n) is 7.42. The number of hydrogen-bond donors (Lipinski definition) is 2. The molecule has 1 saturated carbocycles. The zero-order valence-electron chi connectivity index (χ0n) is 18.5. The summed E-state index contributed by atoms with van der Waals surface area (Å²) < 4.78 is 2.37. The van der Waals surface area contributed by atoms with E-state index in [2.05, 4.69) is 50.6 Å². The molecule has 1 aromatic carbocycles. The number of aliphatic hydroxyl groups excluding tert-OH is 1. The molecule has 0 amide bonds. The van der Waals surface area contributed by atoms with Crippen LogP contribution in [0.5, 0.6) is 0 Å². The highest BCUT2D eigenvalue weighted by Crippen LogP contribution is 2.35. The van der Waals surface area contributed by atoms with E-state index in [-0.39, 0.29) is 6.61 Å². The Morgan fingerprint density at radius 1 is 1.12 bits per heavy atom. The lowest BCUT2D eigenvalue weighted by atomic mass is 9.95. The summed E-state index contributed by atoms with van der Waals surface area (Å²) in [5, 5.41) is 9.64. The van der Waals surface area contributed by atoms with Crippen molar-refractivity contribution in [2.75, 3.05) is 18.1 Å². The number of aromatic amines is 1. The molecule has 7 heteroatoms. The van der Waals surface area contributed by atoms with Crippen LogP contribution in [0.3, 0.4) is 0 Å². The van der Waals surface area contributed by atoms with E-state index in [9.17, 15) is 5.11 Å². The van der Waals surface area contributed by atoms with E-state index in [0.717, 1.165) is 46.6 Å². The van der Waals surface area contributed by atoms with Crippen molar-refractivity contribution in [3.05, 3.63) is 36.9 Å². The molecule has 1 saturated heterocycles. The standard InChI is InChI=1S/C25H30N6O/c1-16-9-17(13-32)12-30(16)23-11-21-25(27-14-26-21)24(29-23)18-7-8-22-20(10-18)28-15-31(22)19-5-3-2-4-6-19/h7-8,10-11,14-17,19,32H,2-6,9,12-13H2,1H3,(H,26,27). The second-order valence-electron chi connectivity index (χ2n) is 9.56. The van der Waals surface area contributed by atoms with Crippen molar-refractivity contribution in [2.45, 2.75) is 57.5 Å². The van der Waals surface area contributed by atoms with Crippen LogP contribution >= 0.6 is 0 Å². The number of rotatable bonds is 4. The fraction of sp³-hybridized carbons (Fsp3) is 0.480. The Bertz CT molecular complexity index is 1250. The van der Waals surface area contributed by atoms with E-state index in [1.54, 1.807) is 6.33 Å². The Morgan fingerprint density at radius 2 is 2.00 bits per heavy atom. The number of benzene rings is 1. The Morgan fingerprint density at radius 3 is 2.81 bits per heavy atom. The van der Waals surface area contributed by atoms with Gasteiger partial charge in [0.2, 0.25) is 0 Å². The molecule has 4 aromatic rings. The highest BCUT2D eigenvalue weighted by molar-refractivity contribution is 5.93. The van der Waals surface area contributed by atoms with Crippen LogP contribution in [0.1, 0.15) is 51.5 Å². The number of nitrogens with zero attached hydrogens (tertiary/aromatic N) is 5. The molecule has 0 spiro atoms. The van der Waals surface area contributed by atoms with Gasteiger partial charge in [0.05, 0.1) is 29.2 Å². The molecule has 2 fully saturated rings. The van der Waals surface area contributed by atoms with Gasteiger partial charge in [0, 0.05) is 42.8 Å². The Hall–Kier alpha value is -2.93. The van der Waals surface area contributed by atoms with Gasteiger partial charge in [-0.3, -0.25) is 0 Å². The molecule has 2 aliphatic rings. The average molecular weight is 431 g/mol. The van der Waals surface area contributed by atoms with Gasteiger partial charge in [0.1, 0.15) is 17.0 Å². The highest BCUT2D eigenvalue weighted by Gasteiger charge is 2.30. The zero-order valence-corrected chi connectivity index (χ0v) is 18.5. The van der Waals surface area contributed by atoms with Crippen LogP contribution in [0.15, 0.2) is 36.9 Å². The molecule has 4 heterocycles. The summed E-state index contributed by atoms with van der Waals surface area (Å²) in [5.74, 6) is 1.24. The van der Waals surface area contributed by atoms with Crippen LogP contribution in [-0.2, 0) is 0 Å². The third-order valence-corrected chi connectivity index (χ3v) is 7.42. The van der Waals surface area contributed by atoms with Gasteiger partial charge in [-0.1, -0.05) is 25.3 Å². The summed E-state index contributed by atoms with van der Waals surface area (Å²) >= 11 is 0. The molecule has 0 bridgehead atoms. The Kier molecular flexibility index (Phi) is 4.86. The minimum Gasteiger partial charge on any atom is -0.396 e. The average Bonchev–Trinajstić information content (AvgIpc) is 3.56. The van der Waals surface area contributed by atoms with Crippen molar-refractivity contribution in [1.82, 2.24) is 24.5 Å². The molecule has 6 rings (SSSR count). The van der Waals surface area contributed by atoms with Crippen molar-refractivity contribution in [3.63, 3.8) is 0 Å². The van der Waals surface area contributed by atoms with Gasteiger partial charge >= 0.3 is 0 Å². The summed E-state index contributed by atoms with van der Waals surface area (Å²) in [6.45, 7) is 3.26. The lowest BCUT2D eigenvalue weighted by Crippen LogP contribution is -2.28. The molecular weight excluding hydrogens is 400 g/mol. The summed E-state index contributed by atoms with van der Waals surface area (Å²) in [7, 11) is 0. The van der Waals surface area contributed by atoms with Crippen LogP contribution in [0.25, 0.3) is 33.3 Å². The lowest BCUT2D eigenvalue weighted by molar-refractivity contribution is 0.236. The maximum atomic E-state index is 9.64. The molecule has 0 radical (unpaired) electrons. The van der Waals surface area contributed by atoms with Crippen molar-refractivity contribution < 1.29 is 5.11 Å². The summed E-state index contributed by atoms with van der Waals surface area (Å²) in [6.07, 6.45) is 11.2. The molecular formula is C25H30N6O. The van der Waals surface area contributed by atoms with Crippen molar-refractivity contribution in [1.29, 1.82) is 0 Å². The first-order chi connectivity index (χ1) is 15.7. The number of fused-ring (bicyclic) bond motifs is 2. The van der Waals surface area contributed by atoms with E-state index in [4.69, 9.17) is 9.97 Å². The van der Waals surface area contributed by atoms with Gasteiger partial charge in [-0.15, -0.1) is 0 Å². The van der Waals surface area contributed by atoms with Crippen molar-refractivity contribution >= 4 is 27.9 Å². The first-order valence-corrected chi connectivity index (χ1v) is 11.9. The van der Waals surface area contributed by atoms with Gasteiger partial charge in [-0.05, 0) is 38.3 Å². The fourth-order valence-corrected chi connectivity index (χ4v) is 5.70. The second-order valence-corrected chi connectivity index (χ2v) is 9.56. The van der Waals surface area contributed by atoms with Gasteiger partial charge in [-0.25, -0.2) is 15.0 Å². The minimum atomic E-state index is 0.223. The van der Waals surface area contributed by atoms with Crippen LogP contribution in [0, 0.1) is 5.92 Å². The maximum Gasteiger partial charge on any atom is 0.131 e. The van der Waals surface area contributed by atoms with E-state index in [0.29, 0.717) is 18.0 Å². The number of nitrogens with one attached hydrogen (secondary N) is 1. The number of anilines is 1. The molecule has 1 aliphatic carbocycles. The SMILES string of the molecule is CC1CC(CO)CN1c1cc2[nH]cnc2c(-c2ccc3c(c2)ncn3C2CCCCC2)n1. The summed E-state index contributed by atoms with van der Waals surface area (Å²) in [5.41, 5.74) is 6.00. The van der Waals surface area contributed by atoms with Gasteiger partial charge in [-0.2, -0.15) is 0 Å². The quantitative estimate of drug-likeness (QED) is 0.491. The van der Waals surface area contributed by atoms with Gasteiger partial charge < -0.3 is 19.6 Å². The minimum absolute atomic E-state index is 0.223. The van der Waals surface area contributed by atoms with E-state index in [1.807, 2.05) is 6.33 Å². The van der Waals surface area contributed by atoms with Gasteiger partial charge in [0.25, 0.3) is 0 Å². The smallest absolute Gasteiger partial charge is 0.131 e. The highest BCUT2D eigenvalue weighted by atomic mass is 16.3. The molecule has 2 unspecified atom stereocenters. The Labute approximate surface area is 187 Å². The molecule has 2 N–H and O–H groups in total. The topological polar surface area (TPSA) is 82.9 Å². The predicted molar refractivity (Wildman–Crippen MR) is 127 cm³/mol. The van der Waals surface area contributed by atoms with Crippen molar-refractivity contribution in [2.24, 2.45) is 5.92 Å². The maximum absolute atomic E-state index is 9.64. The van der Waals surface area contributed by atoms with E-state index in [1.165, 1.54) is 37.6 Å². The molecule has 166 valence electrons. The predicted octanol–water partition coefficient (Wildman–Crippen LogP) is 4.69. The zero-order chi connectivity index (χ0) is 21.7. The monoisotopic (exact) mass is 430 g/mol. The number of H-pyrrole nitrogens is 1. The molecule has 32 heavy (non-hydrogen) atoms. The molecule has 1 aliphatic heterocycles. The van der Waals surface area contributed by atoms with Crippen LogP contribution in [-0.4, -0.2) is 48.8 Å². The molecule has 3 aromatic heterocycles. The number of hydrogen-bond acceptors (Lipinski definition) is 5. The summed E-state index contributed by atoms with van der Waals surface area (Å²) in [4.78, 5) is 20.0. The third kappa shape index (κ3) is 3.26. The van der Waals surface area contributed by atoms with Crippen LogP contribution < -0.4 is 4.90 Å². The largest absolute Gasteiger partial charge is 0.396 e. The lowest BCUT2D eigenvalue weighted by Gasteiger charge is -2.24. The van der Waals surface area contributed by atoms with Crippen LogP contribution in [0.4, 0.5) is 5.82 Å².